The molecule has 1 saturated heterocycles. The van der Waals surface area contributed by atoms with Gasteiger partial charge in [0.2, 0.25) is 0 Å². The van der Waals surface area contributed by atoms with Crippen LogP contribution in [-0.2, 0) is 16.1 Å². The van der Waals surface area contributed by atoms with Crippen molar-refractivity contribution in [1.82, 2.24) is 25.8 Å². The van der Waals surface area contributed by atoms with Gasteiger partial charge in [-0.25, -0.2) is 0 Å². The number of rotatable bonds is 5. The first-order valence-electron chi connectivity index (χ1n) is 7.14. The molecule has 1 aliphatic heterocycles. The van der Waals surface area contributed by atoms with E-state index in [1.807, 2.05) is 6.07 Å². The minimum absolute atomic E-state index is 0.303. The summed E-state index contributed by atoms with van der Waals surface area (Å²) in [6.45, 7) is 5.45. The maximum absolute atomic E-state index is 11.6. The number of amides is 2. The van der Waals surface area contributed by atoms with Crippen LogP contribution in [-0.4, -0.2) is 61.0 Å². The van der Waals surface area contributed by atoms with E-state index in [1.54, 1.807) is 18.5 Å². The van der Waals surface area contributed by atoms with Crippen molar-refractivity contribution in [3.05, 3.63) is 30.1 Å². The lowest BCUT2D eigenvalue weighted by Gasteiger charge is -2.26. The Morgan fingerprint density at radius 1 is 1.24 bits per heavy atom. The predicted molar refractivity (Wildman–Crippen MR) is 78.4 cm³/mol. The highest BCUT2D eigenvalue weighted by molar-refractivity contribution is 6.35. The first-order valence-corrected chi connectivity index (χ1v) is 7.14. The molecule has 7 heteroatoms. The molecule has 3 N–H and O–H groups in total. The summed E-state index contributed by atoms with van der Waals surface area (Å²) in [4.78, 5) is 29.5. The van der Waals surface area contributed by atoms with Crippen molar-refractivity contribution >= 4 is 11.8 Å². The summed E-state index contributed by atoms with van der Waals surface area (Å²) in [5.41, 5.74) is 0.861. The van der Waals surface area contributed by atoms with Gasteiger partial charge in [0, 0.05) is 58.2 Å². The monoisotopic (exact) mass is 291 g/mol. The van der Waals surface area contributed by atoms with Crippen molar-refractivity contribution in [3.63, 3.8) is 0 Å². The number of piperazine rings is 1. The van der Waals surface area contributed by atoms with E-state index in [0.717, 1.165) is 38.3 Å². The van der Waals surface area contributed by atoms with Crippen LogP contribution in [0.4, 0.5) is 0 Å². The summed E-state index contributed by atoms with van der Waals surface area (Å²) in [6.07, 6.45) is 3.32. The van der Waals surface area contributed by atoms with Crippen molar-refractivity contribution in [2.75, 3.05) is 39.3 Å². The van der Waals surface area contributed by atoms with Crippen molar-refractivity contribution in [3.8, 4) is 0 Å². The summed E-state index contributed by atoms with van der Waals surface area (Å²) in [7, 11) is 0. The van der Waals surface area contributed by atoms with Crippen molar-refractivity contribution in [1.29, 1.82) is 0 Å². The zero-order valence-corrected chi connectivity index (χ0v) is 12.0. The Bertz CT molecular complexity index is 460. The number of nitrogens with zero attached hydrogens (tertiary/aromatic N) is 2. The van der Waals surface area contributed by atoms with Gasteiger partial charge in [0.05, 0.1) is 0 Å². The highest BCUT2D eigenvalue weighted by atomic mass is 16.2. The number of aromatic nitrogens is 1. The van der Waals surface area contributed by atoms with Gasteiger partial charge in [-0.05, 0) is 11.6 Å². The van der Waals surface area contributed by atoms with E-state index < -0.39 is 11.8 Å². The second kappa shape index (κ2) is 8.33. The van der Waals surface area contributed by atoms with Crippen LogP contribution in [0.15, 0.2) is 24.5 Å². The Hall–Kier alpha value is -1.99. The van der Waals surface area contributed by atoms with E-state index in [4.69, 9.17) is 0 Å². The fourth-order valence-electron chi connectivity index (χ4n) is 2.11. The third-order valence-electron chi connectivity index (χ3n) is 3.31. The lowest BCUT2D eigenvalue weighted by molar-refractivity contribution is -0.139. The molecule has 0 spiro atoms. The fraction of sp³-hybridized carbons (Fsp3) is 0.500. The third-order valence-corrected chi connectivity index (χ3v) is 3.31. The molecular weight excluding hydrogens is 270 g/mol. The molecule has 0 aromatic carbocycles. The molecule has 0 saturated carbocycles. The average molecular weight is 291 g/mol. The van der Waals surface area contributed by atoms with Gasteiger partial charge in [0.25, 0.3) is 0 Å². The van der Waals surface area contributed by atoms with Gasteiger partial charge in [-0.2, -0.15) is 0 Å². The molecular formula is C14H21N5O2. The van der Waals surface area contributed by atoms with Gasteiger partial charge in [0.15, 0.2) is 0 Å². The van der Waals surface area contributed by atoms with E-state index in [9.17, 15) is 9.59 Å². The minimum Gasteiger partial charge on any atom is -0.347 e. The van der Waals surface area contributed by atoms with E-state index >= 15 is 0 Å². The van der Waals surface area contributed by atoms with Gasteiger partial charge in [-0.3, -0.25) is 19.5 Å². The molecule has 2 rings (SSSR count). The highest BCUT2D eigenvalue weighted by Gasteiger charge is 2.14. The smallest absolute Gasteiger partial charge is 0.309 e. The number of carbonyl (C=O) groups is 2. The van der Waals surface area contributed by atoms with Crippen LogP contribution in [0.5, 0.6) is 0 Å². The Morgan fingerprint density at radius 3 is 2.71 bits per heavy atom. The zero-order chi connectivity index (χ0) is 14.9. The summed E-state index contributed by atoms with van der Waals surface area (Å²) < 4.78 is 0. The second-order valence-corrected chi connectivity index (χ2v) is 4.89. The van der Waals surface area contributed by atoms with Crippen molar-refractivity contribution in [2.45, 2.75) is 6.54 Å². The van der Waals surface area contributed by atoms with Crippen LogP contribution >= 0.6 is 0 Å². The average Bonchev–Trinajstić information content (AvgIpc) is 2.54. The first kappa shape index (κ1) is 15.4. The van der Waals surface area contributed by atoms with Crippen LogP contribution in [0.2, 0.25) is 0 Å². The highest BCUT2D eigenvalue weighted by Crippen LogP contribution is 1.94. The number of pyridine rings is 1. The van der Waals surface area contributed by atoms with Crippen LogP contribution in [0.3, 0.4) is 0 Å². The Morgan fingerprint density at radius 2 is 2.00 bits per heavy atom. The maximum Gasteiger partial charge on any atom is 0.309 e. The molecule has 0 unspecified atom stereocenters. The Balaban J connectivity index is 1.62. The molecule has 21 heavy (non-hydrogen) atoms. The Kier molecular flexibility index (Phi) is 6.11. The number of hydrogen-bond donors (Lipinski definition) is 3. The molecule has 1 aromatic heterocycles. The number of nitrogens with one attached hydrogen (secondary N) is 3. The molecule has 0 atom stereocenters. The lowest BCUT2D eigenvalue weighted by Crippen LogP contribution is -2.47. The summed E-state index contributed by atoms with van der Waals surface area (Å²) in [5, 5.41) is 8.48. The van der Waals surface area contributed by atoms with Crippen molar-refractivity contribution in [2.24, 2.45) is 0 Å². The number of carbonyl (C=O) groups excluding carboxylic acids is 2. The summed E-state index contributed by atoms with van der Waals surface area (Å²) >= 11 is 0. The van der Waals surface area contributed by atoms with Gasteiger partial charge in [-0.1, -0.05) is 6.07 Å². The zero-order valence-electron chi connectivity index (χ0n) is 12.0. The Labute approximate surface area is 124 Å². The topological polar surface area (TPSA) is 86.4 Å². The van der Waals surface area contributed by atoms with Gasteiger partial charge in [0.1, 0.15) is 0 Å². The molecule has 2 heterocycles. The summed E-state index contributed by atoms with van der Waals surface area (Å²) in [5.74, 6) is -1.20. The third kappa shape index (κ3) is 5.49. The predicted octanol–water partition coefficient (Wildman–Crippen LogP) is -1.28. The lowest BCUT2D eigenvalue weighted by atomic mass is 10.3. The van der Waals surface area contributed by atoms with Crippen LogP contribution in [0, 0.1) is 0 Å². The molecule has 1 fully saturated rings. The standard InChI is InChI=1S/C14H21N5O2/c20-13(17-6-9-19-7-4-15-5-8-19)14(21)18-11-12-2-1-3-16-10-12/h1-3,10,15H,4-9,11H2,(H,17,20)(H,18,21). The first-order chi connectivity index (χ1) is 10.3. The fourth-order valence-corrected chi connectivity index (χ4v) is 2.11. The van der Waals surface area contributed by atoms with E-state index in [1.165, 1.54) is 0 Å². The van der Waals surface area contributed by atoms with Crippen LogP contribution in [0.25, 0.3) is 0 Å². The molecule has 0 bridgehead atoms. The van der Waals surface area contributed by atoms with Gasteiger partial charge >= 0.3 is 11.8 Å². The molecule has 0 radical (unpaired) electrons. The van der Waals surface area contributed by atoms with Gasteiger partial charge in [-0.15, -0.1) is 0 Å². The van der Waals surface area contributed by atoms with Crippen LogP contribution in [0.1, 0.15) is 5.56 Å². The van der Waals surface area contributed by atoms with E-state index in [0.29, 0.717) is 13.1 Å². The van der Waals surface area contributed by atoms with Crippen LogP contribution < -0.4 is 16.0 Å². The molecule has 114 valence electrons. The SMILES string of the molecule is O=C(NCCN1CCNCC1)C(=O)NCc1cccnc1. The molecule has 1 aliphatic rings. The van der Waals surface area contributed by atoms with Crippen molar-refractivity contribution < 1.29 is 9.59 Å². The van der Waals surface area contributed by atoms with Gasteiger partial charge < -0.3 is 16.0 Å². The minimum atomic E-state index is -0.612. The maximum atomic E-state index is 11.6. The number of hydrogen-bond acceptors (Lipinski definition) is 5. The summed E-state index contributed by atoms with van der Waals surface area (Å²) in [6, 6.07) is 3.63. The molecule has 7 nitrogen and oxygen atoms in total. The molecule has 2 amide bonds. The van der Waals surface area contributed by atoms with E-state index in [2.05, 4.69) is 25.8 Å². The largest absolute Gasteiger partial charge is 0.347 e. The molecule has 0 aliphatic carbocycles. The normalized spacial score (nSPS) is 15.4. The second-order valence-electron chi connectivity index (χ2n) is 4.89. The van der Waals surface area contributed by atoms with E-state index in [-0.39, 0.29) is 0 Å². The molecule has 1 aromatic rings. The quantitative estimate of drug-likeness (QED) is 0.588.